The Bertz CT molecular complexity index is 602. The van der Waals surface area contributed by atoms with Crippen LogP contribution in [0.15, 0.2) is 13.9 Å². The predicted octanol–water partition coefficient (Wildman–Crippen LogP) is 1.86. The third kappa shape index (κ3) is 5.28. The van der Waals surface area contributed by atoms with Gasteiger partial charge in [0, 0.05) is 13.5 Å². The molecule has 8 nitrogen and oxygen atoms in total. The van der Waals surface area contributed by atoms with Crippen molar-refractivity contribution in [2.24, 2.45) is 4.99 Å². The maximum Gasteiger partial charge on any atom is 0.223 e. The lowest BCUT2D eigenvalue weighted by atomic mass is 10.4. The van der Waals surface area contributed by atoms with E-state index in [0.717, 1.165) is 18.0 Å². The van der Waals surface area contributed by atoms with Crippen molar-refractivity contribution in [3.05, 3.63) is 29.1 Å². The molecule has 0 aliphatic rings. The molecule has 0 spiro atoms. The van der Waals surface area contributed by atoms with Crippen molar-refractivity contribution in [2.75, 3.05) is 6.54 Å². The number of guanidine groups is 1. The van der Waals surface area contributed by atoms with Crippen LogP contribution >= 0.6 is 24.0 Å². The second-order valence-electron chi connectivity index (χ2n) is 4.53. The summed E-state index contributed by atoms with van der Waals surface area (Å²) in [7, 11) is 0. The summed E-state index contributed by atoms with van der Waals surface area (Å²) < 4.78 is 10.4. The summed E-state index contributed by atoms with van der Waals surface area (Å²) in [5, 5.41) is 10.1. The van der Waals surface area contributed by atoms with E-state index in [0.29, 0.717) is 36.7 Å². The number of oxazole rings is 1. The van der Waals surface area contributed by atoms with E-state index >= 15 is 0 Å². The Hall–Kier alpha value is -1.65. The van der Waals surface area contributed by atoms with Crippen LogP contribution in [0.1, 0.15) is 36.0 Å². The van der Waals surface area contributed by atoms with Gasteiger partial charge in [-0.25, -0.2) is 9.98 Å². The fourth-order valence-electron chi connectivity index (χ4n) is 1.67. The van der Waals surface area contributed by atoms with Crippen molar-refractivity contribution in [3.63, 3.8) is 0 Å². The van der Waals surface area contributed by atoms with Crippen molar-refractivity contribution in [3.8, 4) is 0 Å². The van der Waals surface area contributed by atoms with Gasteiger partial charge in [0.1, 0.15) is 12.3 Å². The van der Waals surface area contributed by atoms with Crippen molar-refractivity contribution >= 4 is 29.9 Å². The highest BCUT2D eigenvalue weighted by atomic mass is 127. The van der Waals surface area contributed by atoms with E-state index < -0.39 is 0 Å². The zero-order chi connectivity index (χ0) is 15.2. The van der Waals surface area contributed by atoms with Gasteiger partial charge in [0.05, 0.1) is 12.2 Å². The number of aryl methyl sites for hydroxylation is 3. The SMILES string of the molecule is CCNC(=NCc1noc(C)n1)NCc1nc(C)c(C)o1.I. The van der Waals surface area contributed by atoms with Crippen molar-refractivity contribution in [1.82, 2.24) is 25.8 Å². The molecule has 0 radical (unpaired) electrons. The van der Waals surface area contributed by atoms with E-state index in [1.165, 1.54) is 0 Å². The number of aromatic nitrogens is 3. The summed E-state index contributed by atoms with van der Waals surface area (Å²) in [6.07, 6.45) is 0. The van der Waals surface area contributed by atoms with Gasteiger partial charge in [-0.2, -0.15) is 4.98 Å². The van der Waals surface area contributed by atoms with Crippen LogP contribution in [0, 0.1) is 20.8 Å². The van der Waals surface area contributed by atoms with Crippen LogP contribution in [0.5, 0.6) is 0 Å². The Balaban J connectivity index is 0.00000242. The quantitative estimate of drug-likeness (QED) is 0.433. The van der Waals surface area contributed by atoms with Gasteiger partial charge in [0.25, 0.3) is 0 Å². The first-order chi connectivity index (χ1) is 10.1. The number of nitrogens with zero attached hydrogens (tertiary/aromatic N) is 4. The molecule has 0 aliphatic carbocycles. The average Bonchev–Trinajstić information content (AvgIpc) is 3.00. The minimum absolute atomic E-state index is 0. The number of rotatable bonds is 5. The van der Waals surface area contributed by atoms with Crippen LogP contribution in [-0.4, -0.2) is 27.6 Å². The smallest absolute Gasteiger partial charge is 0.223 e. The lowest BCUT2D eigenvalue weighted by Gasteiger charge is -2.08. The first kappa shape index (κ1) is 18.4. The van der Waals surface area contributed by atoms with Gasteiger partial charge in [-0.05, 0) is 20.8 Å². The molecule has 0 fully saturated rings. The predicted molar refractivity (Wildman–Crippen MR) is 92.1 cm³/mol. The molecule has 2 heterocycles. The molecule has 122 valence electrons. The lowest BCUT2D eigenvalue weighted by molar-refractivity contribution is 0.387. The standard InChI is InChI=1S/C13H20N6O2.HI/c1-5-14-13(15-6-11-18-10(4)21-19-11)16-7-12-17-8(2)9(3)20-12;/h5-7H2,1-4H3,(H2,14,15,16);1H. The minimum atomic E-state index is 0. The molecular formula is C13H21IN6O2. The number of nitrogens with one attached hydrogen (secondary N) is 2. The summed E-state index contributed by atoms with van der Waals surface area (Å²) in [6.45, 7) is 9.11. The molecule has 22 heavy (non-hydrogen) atoms. The number of hydrogen-bond donors (Lipinski definition) is 2. The van der Waals surface area contributed by atoms with Crippen molar-refractivity contribution < 1.29 is 8.94 Å². The topological polar surface area (TPSA) is 101 Å². The monoisotopic (exact) mass is 420 g/mol. The molecule has 2 aromatic rings. The summed E-state index contributed by atoms with van der Waals surface area (Å²) in [5.41, 5.74) is 0.899. The largest absolute Gasteiger partial charge is 0.444 e. The molecule has 2 N–H and O–H groups in total. The van der Waals surface area contributed by atoms with Crippen LogP contribution in [0.3, 0.4) is 0 Å². The maximum atomic E-state index is 5.51. The average molecular weight is 420 g/mol. The Kier molecular flexibility index (Phi) is 7.28. The van der Waals surface area contributed by atoms with E-state index in [2.05, 4.69) is 30.8 Å². The zero-order valence-corrected chi connectivity index (χ0v) is 15.5. The first-order valence-electron chi connectivity index (χ1n) is 6.82. The van der Waals surface area contributed by atoms with Crippen LogP contribution in [0.2, 0.25) is 0 Å². The number of hydrogen-bond acceptors (Lipinski definition) is 6. The molecule has 0 unspecified atom stereocenters. The molecule has 0 aliphatic heterocycles. The Labute approximate surface area is 146 Å². The normalized spacial score (nSPS) is 11.2. The molecule has 0 atom stereocenters. The van der Waals surface area contributed by atoms with Gasteiger partial charge in [0.2, 0.25) is 11.8 Å². The molecular weight excluding hydrogens is 399 g/mol. The molecule has 0 saturated carbocycles. The summed E-state index contributed by atoms with van der Waals surface area (Å²) in [5.74, 6) is 3.19. The Morgan fingerprint density at radius 3 is 2.50 bits per heavy atom. The van der Waals surface area contributed by atoms with Gasteiger partial charge >= 0.3 is 0 Å². The number of halogens is 1. The van der Waals surface area contributed by atoms with Crippen LogP contribution in [-0.2, 0) is 13.1 Å². The second kappa shape index (κ2) is 8.71. The molecule has 9 heteroatoms. The zero-order valence-electron chi connectivity index (χ0n) is 13.1. The van der Waals surface area contributed by atoms with Crippen molar-refractivity contribution in [2.45, 2.75) is 40.8 Å². The summed E-state index contributed by atoms with van der Waals surface area (Å²) in [6, 6.07) is 0. The van der Waals surface area contributed by atoms with Crippen LogP contribution in [0.25, 0.3) is 0 Å². The molecule has 0 saturated heterocycles. The molecule has 2 rings (SSSR count). The van der Waals surface area contributed by atoms with Crippen molar-refractivity contribution in [1.29, 1.82) is 0 Å². The van der Waals surface area contributed by atoms with E-state index in [9.17, 15) is 0 Å². The summed E-state index contributed by atoms with van der Waals surface area (Å²) >= 11 is 0. The third-order valence-electron chi connectivity index (χ3n) is 2.77. The van der Waals surface area contributed by atoms with Gasteiger partial charge in [-0.15, -0.1) is 24.0 Å². The first-order valence-corrected chi connectivity index (χ1v) is 6.82. The molecule has 0 aromatic carbocycles. The van der Waals surface area contributed by atoms with E-state index in [1.807, 2.05) is 20.8 Å². The number of aliphatic imine (C=N–C) groups is 1. The highest BCUT2D eigenvalue weighted by Crippen LogP contribution is 2.07. The maximum absolute atomic E-state index is 5.51. The van der Waals surface area contributed by atoms with Gasteiger partial charge in [-0.1, -0.05) is 5.16 Å². The highest BCUT2D eigenvalue weighted by molar-refractivity contribution is 14.0. The summed E-state index contributed by atoms with van der Waals surface area (Å²) in [4.78, 5) is 12.8. The van der Waals surface area contributed by atoms with Gasteiger partial charge in [0.15, 0.2) is 11.8 Å². The minimum Gasteiger partial charge on any atom is -0.444 e. The molecule has 2 aromatic heterocycles. The van der Waals surface area contributed by atoms with E-state index in [1.54, 1.807) is 6.92 Å². The third-order valence-corrected chi connectivity index (χ3v) is 2.77. The van der Waals surface area contributed by atoms with Gasteiger partial charge in [-0.3, -0.25) is 0 Å². The Morgan fingerprint density at radius 1 is 1.18 bits per heavy atom. The van der Waals surface area contributed by atoms with E-state index in [4.69, 9.17) is 8.94 Å². The highest BCUT2D eigenvalue weighted by Gasteiger charge is 2.07. The van der Waals surface area contributed by atoms with Crippen LogP contribution < -0.4 is 10.6 Å². The fraction of sp³-hybridized carbons (Fsp3) is 0.538. The fourth-order valence-corrected chi connectivity index (χ4v) is 1.67. The Morgan fingerprint density at radius 2 is 1.95 bits per heavy atom. The van der Waals surface area contributed by atoms with Crippen LogP contribution in [0.4, 0.5) is 0 Å². The molecule has 0 bridgehead atoms. The molecule has 0 amide bonds. The van der Waals surface area contributed by atoms with Gasteiger partial charge < -0.3 is 19.6 Å². The van der Waals surface area contributed by atoms with E-state index in [-0.39, 0.29) is 24.0 Å². The second-order valence-corrected chi connectivity index (χ2v) is 4.53. The lowest BCUT2D eigenvalue weighted by Crippen LogP contribution is -2.36.